The average molecular weight is 369 g/mol. The summed E-state index contributed by atoms with van der Waals surface area (Å²) in [5.74, 6) is 0.299. The Hall–Kier alpha value is -3.20. The van der Waals surface area contributed by atoms with E-state index in [1.807, 2.05) is 32.8 Å². The lowest BCUT2D eigenvalue weighted by molar-refractivity contribution is 0.0950. The highest BCUT2D eigenvalue weighted by atomic mass is 16.1. The molecule has 0 aliphatic carbocycles. The van der Waals surface area contributed by atoms with Crippen molar-refractivity contribution in [1.82, 2.24) is 25.4 Å². The fourth-order valence-electron chi connectivity index (χ4n) is 2.94. The second kappa shape index (κ2) is 7.58. The Bertz CT molecular complexity index is 1080. The lowest BCUT2D eigenvalue weighted by atomic mass is 10.1. The van der Waals surface area contributed by atoms with E-state index in [2.05, 4.69) is 30.5 Å². The lowest BCUT2D eigenvalue weighted by Gasteiger charge is -2.10. The number of aromatic amines is 3. The van der Waals surface area contributed by atoms with Crippen LogP contribution in [0.1, 0.15) is 27.3 Å². The van der Waals surface area contributed by atoms with Gasteiger partial charge < -0.3 is 15.2 Å². The van der Waals surface area contributed by atoms with Crippen molar-refractivity contribution in [3.05, 3.63) is 43.4 Å². The molecule has 0 radical (unpaired) electrons. The normalized spacial score (nSPS) is 14.0. The van der Waals surface area contributed by atoms with Gasteiger partial charge in [0.1, 0.15) is 5.35 Å². The van der Waals surface area contributed by atoms with Gasteiger partial charge in [-0.2, -0.15) is 0 Å². The number of rotatable bonds is 5. The van der Waals surface area contributed by atoms with Crippen molar-refractivity contribution in [1.29, 1.82) is 0 Å². The van der Waals surface area contributed by atoms with Crippen molar-refractivity contribution < 1.29 is 4.79 Å². The first-order valence-electron chi connectivity index (χ1n) is 8.60. The molecule has 1 aliphatic rings. The fraction of sp³-hybridized carbons (Fsp3) is 0.333. The molecule has 27 heavy (non-hydrogen) atoms. The van der Waals surface area contributed by atoms with E-state index in [1.54, 1.807) is 18.5 Å². The molecular weight excluding hydrogens is 346 g/mol. The second-order valence-corrected chi connectivity index (χ2v) is 6.61. The Balaban J connectivity index is 2.01. The quantitative estimate of drug-likeness (QED) is 0.540. The minimum absolute atomic E-state index is 0.134. The maximum atomic E-state index is 12.5. The van der Waals surface area contributed by atoms with Crippen LogP contribution in [0.4, 0.5) is 0 Å². The van der Waals surface area contributed by atoms with Gasteiger partial charge in [-0.25, -0.2) is 9.98 Å². The molecule has 1 amide bonds. The molecule has 0 atom stereocenters. The van der Waals surface area contributed by atoms with Crippen molar-refractivity contribution in [2.75, 3.05) is 27.2 Å². The third-order valence-electron chi connectivity index (χ3n) is 4.34. The van der Waals surface area contributed by atoms with Gasteiger partial charge >= 0.3 is 0 Å². The number of nitrogens with one attached hydrogen (secondary N) is 4. The molecule has 2 aromatic rings. The van der Waals surface area contributed by atoms with E-state index in [9.17, 15) is 9.59 Å². The highest BCUT2D eigenvalue weighted by Gasteiger charge is 2.17. The fourth-order valence-corrected chi connectivity index (χ4v) is 2.94. The monoisotopic (exact) mass is 369 g/mol. The summed E-state index contributed by atoms with van der Waals surface area (Å²) in [6.07, 6.45) is 4.83. The number of aliphatic imine (C=N–C) groups is 2. The summed E-state index contributed by atoms with van der Waals surface area (Å²) in [6.45, 7) is 5.02. The minimum Gasteiger partial charge on any atom is -0.358 e. The van der Waals surface area contributed by atoms with Gasteiger partial charge in [-0.15, -0.1) is 0 Å². The van der Waals surface area contributed by atoms with Crippen LogP contribution in [0.2, 0.25) is 0 Å². The van der Waals surface area contributed by atoms with Crippen LogP contribution >= 0.6 is 0 Å². The van der Waals surface area contributed by atoms with Crippen molar-refractivity contribution in [2.24, 2.45) is 9.98 Å². The molecule has 9 heteroatoms. The SMILES string of the molecule is Cc1[nH]c(C=c2c(=O)[nH][nH]c2=C2N=CC=N2)c(C)c1C(=O)NCCN(C)C. The number of hydrogen-bond donors (Lipinski definition) is 4. The Labute approximate surface area is 155 Å². The number of carbonyl (C=O) groups excluding carboxylic acids is 1. The zero-order valence-electron chi connectivity index (χ0n) is 15.8. The van der Waals surface area contributed by atoms with Gasteiger partial charge in [0.25, 0.3) is 11.5 Å². The van der Waals surface area contributed by atoms with E-state index in [-0.39, 0.29) is 11.5 Å². The first-order chi connectivity index (χ1) is 12.9. The number of likely N-dealkylation sites (N-methyl/N-ethyl adjacent to an activating group) is 1. The maximum Gasteiger partial charge on any atom is 0.272 e. The van der Waals surface area contributed by atoms with E-state index >= 15 is 0 Å². The molecule has 3 rings (SSSR count). The zero-order valence-corrected chi connectivity index (χ0v) is 15.8. The Morgan fingerprint density at radius 2 is 1.93 bits per heavy atom. The first kappa shape index (κ1) is 18.6. The second-order valence-electron chi connectivity index (χ2n) is 6.61. The third kappa shape index (κ3) is 3.82. The summed E-state index contributed by atoms with van der Waals surface area (Å²) in [7, 11) is 3.91. The summed E-state index contributed by atoms with van der Waals surface area (Å²) < 4.78 is 0. The van der Waals surface area contributed by atoms with Crippen LogP contribution < -0.4 is 21.4 Å². The van der Waals surface area contributed by atoms with Gasteiger partial charge in [-0.05, 0) is 39.6 Å². The highest BCUT2D eigenvalue weighted by molar-refractivity contribution is 6.20. The highest BCUT2D eigenvalue weighted by Crippen LogP contribution is 2.18. The number of carbonyl (C=O) groups is 1. The molecule has 0 saturated heterocycles. The van der Waals surface area contributed by atoms with E-state index in [4.69, 9.17) is 0 Å². The van der Waals surface area contributed by atoms with Crippen LogP contribution in [-0.2, 0) is 0 Å². The zero-order chi connectivity index (χ0) is 19.6. The molecule has 0 saturated carbocycles. The molecule has 4 N–H and O–H groups in total. The molecule has 9 nitrogen and oxygen atoms in total. The Morgan fingerprint density at radius 1 is 1.22 bits per heavy atom. The van der Waals surface area contributed by atoms with Gasteiger partial charge in [-0.1, -0.05) is 0 Å². The van der Waals surface area contributed by atoms with Crippen LogP contribution in [0.25, 0.3) is 11.9 Å². The average Bonchev–Trinajstić information content (AvgIpc) is 3.30. The van der Waals surface area contributed by atoms with E-state index in [0.717, 1.165) is 17.8 Å². The van der Waals surface area contributed by atoms with Gasteiger partial charge in [0, 0.05) is 36.9 Å². The molecule has 142 valence electrons. The van der Waals surface area contributed by atoms with Gasteiger partial charge in [0.05, 0.1) is 10.8 Å². The number of hydrogen-bond acceptors (Lipinski definition) is 5. The molecule has 0 spiro atoms. The molecule has 1 aliphatic heterocycles. The first-order valence-corrected chi connectivity index (χ1v) is 8.60. The Morgan fingerprint density at radius 3 is 2.59 bits per heavy atom. The summed E-state index contributed by atoms with van der Waals surface area (Å²) in [5.41, 5.74) is 2.55. The van der Waals surface area contributed by atoms with E-state index in [0.29, 0.717) is 34.2 Å². The standard InChI is InChI=1S/C18H23N7O2/c1-10-13(22-11(2)14(10)18(27)21-7-8-25(3)4)9-12-15(23-24-17(12)26)16-19-5-6-20-16/h5-6,9,22-23H,7-8H2,1-4H3,(H,21,27)(H,24,26). The van der Waals surface area contributed by atoms with E-state index in [1.165, 1.54) is 0 Å². The predicted octanol–water partition coefficient (Wildman–Crippen LogP) is -1.01. The topological polar surface area (TPSA) is 121 Å². The summed E-state index contributed by atoms with van der Waals surface area (Å²) >= 11 is 0. The number of aromatic nitrogens is 3. The minimum atomic E-state index is -0.279. The smallest absolute Gasteiger partial charge is 0.272 e. The van der Waals surface area contributed by atoms with Crippen molar-refractivity contribution in [3.63, 3.8) is 0 Å². The van der Waals surface area contributed by atoms with Crippen LogP contribution in [0, 0.1) is 13.8 Å². The van der Waals surface area contributed by atoms with Crippen LogP contribution in [-0.4, -0.2) is 65.6 Å². The predicted molar refractivity (Wildman–Crippen MR) is 106 cm³/mol. The molecular formula is C18H23N7O2. The summed E-state index contributed by atoms with van der Waals surface area (Å²) in [5, 5.41) is 9.20. The number of aryl methyl sites for hydroxylation is 1. The van der Waals surface area contributed by atoms with Crippen LogP contribution in [0.15, 0.2) is 14.8 Å². The largest absolute Gasteiger partial charge is 0.358 e. The van der Waals surface area contributed by atoms with E-state index < -0.39 is 0 Å². The molecule has 0 fully saturated rings. The number of amides is 1. The summed E-state index contributed by atoms with van der Waals surface area (Å²) in [6, 6.07) is 0. The van der Waals surface area contributed by atoms with Crippen LogP contribution in [0.3, 0.4) is 0 Å². The third-order valence-corrected chi connectivity index (χ3v) is 4.34. The maximum absolute atomic E-state index is 12.5. The molecule has 2 aromatic heterocycles. The lowest BCUT2D eigenvalue weighted by Crippen LogP contribution is -2.34. The van der Waals surface area contributed by atoms with Crippen LogP contribution in [0.5, 0.6) is 0 Å². The Kier molecular flexibility index (Phi) is 5.22. The van der Waals surface area contributed by atoms with Gasteiger partial charge in [0.2, 0.25) is 0 Å². The van der Waals surface area contributed by atoms with Crippen molar-refractivity contribution in [2.45, 2.75) is 13.8 Å². The molecule has 0 unspecified atom stereocenters. The molecule has 3 heterocycles. The van der Waals surface area contributed by atoms with Crippen molar-refractivity contribution in [3.8, 4) is 0 Å². The van der Waals surface area contributed by atoms with Crippen molar-refractivity contribution >= 4 is 30.2 Å². The van der Waals surface area contributed by atoms with Gasteiger partial charge in [-0.3, -0.25) is 19.8 Å². The molecule has 0 aromatic carbocycles. The van der Waals surface area contributed by atoms with Gasteiger partial charge in [0.15, 0.2) is 5.82 Å². The number of nitrogens with zero attached hydrogens (tertiary/aromatic N) is 3. The molecule has 0 bridgehead atoms. The number of H-pyrrole nitrogens is 3. The summed E-state index contributed by atoms with van der Waals surface area (Å²) in [4.78, 5) is 38.2.